The number of benzene rings is 4. The number of hydrogen-bond acceptors (Lipinski definition) is 0. The Hall–Kier alpha value is -4.37. The summed E-state index contributed by atoms with van der Waals surface area (Å²) < 4.78 is 7.31. The Bertz CT molecular complexity index is 1990. The summed E-state index contributed by atoms with van der Waals surface area (Å²) in [4.78, 5) is 0. The number of pyridine rings is 1. The Morgan fingerprint density at radius 1 is 0.649 bits per heavy atom. The Labute approximate surface area is 216 Å². The fourth-order valence-corrected chi connectivity index (χ4v) is 6.09. The van der Waals surface area contributed by atoms with Gasteiger partial charge >= 0.3 is 0 Å². The lowest BCUT2D eigenvalue weighted by Gasteiger charge is -2.10. The Balaban J connectivity index is 1.58. The van der Waals surface area contributed by atoms with Gasteiger partial charge in [0, 0.05) is 28.8 Å². The Kier molecular flexibility index (Phi) is 4.77. The Morgan fingerprint density at radius 2 is 1.41 bits per heavy atom. The van der Waals surface area contributed by atoms with Crippen molar-refractivity contribution >= 4 is 43.7 Å². The van der Waals surface area contributed by atoms with E-state index in [0.717, 1.165) is 6.54 Å². The van der Waals surface area contributed by atoms with E-state index >= 15 is 0 Å². The molecule has 0 fully saturated rings. The zero-order valence-electron chi connectivity index (χ0n) is 21.8. The normalized spacial score (nSPS) is 11.9. The van der Waals surface area contributed by atoms with Crippen molar-refractivity contribution in [3.8, 4) is 5.82 Å². The molecule has 3 heteroatoms. The van der Waals surface area contributed by atoms with E-state index in [1.54, 1.807) is 0 Å². The summed E-state index contributed by atoms with van der Waals surface area (Å²) in [7, 11) is 2.22. The van der Waals surface area contributed by atoms with Gasteiger partial charge in [-0.3, -0.25) is 0 Å². The van der Waals surface area contributed by atoms with Crippen molar-refractivity contribution in [1.82, 2.24) is 9.13 Å². The molecule has 0 saturated carbocycles. The van der Waals surface area contributed by atoms with Crippen LogP contribution in [-0.2, 0) is 13.6 Å². The lowest BCUT2D eigenvalue weighted by atomic mass is 10.0. The van der Waals surface area contributed by atoms with Gasteiger partial charge in [-0.2, -0.15) is 4.57 Å². The van der Waals surface area contributed by atoms with Gasteiger partial charge in [0.15, 0.2) is 5.52 Å². The minimum atomic E-state index is 0.844. The molecule has 0 amide bonds. The maximum absolute atomic E-state index is 2.47. The molecule has 0 N–H and O–H groups in total. The van der Waals surface area contributed by atoms with Crippen LogP contribution in [0.5, 0.6) is 0 Å². The Morgan fingerprint density at radius 3 is 2.24 bits per heavy atom. The predicted molar refractivity (Wildman–Crippen MR) is 155 cm³/mol. The minimum absolute atomic E-state index is 0.844. The molecule has 180 valence electrons. The average molecular weight is 481 g/mol. The molecule has 0 atom stereocenters. The van der Waals surface area contributed by atoms with Crippen LogP contribution in [0.2, 0.25) is 0 Å². The number of fused-ring (bicyclic) bond motifs is 6. The SMILES string of the molecule is Cc1ccc2c(c1)c1ccc(C)c(C)c1n2-c1ccc2c(c3ccccc3n2Cc2ccccc2)[n+]1C. The molecule has 0 bridgehead atoms. The highest BCUT2D eigenvalue weighted by atomic mass is 15.2. The molecule has 3 nitrogen and oxygen atoms in total. The summed E-state index contributed by atoms with van der Waals surface area (Å²) in [5.74, 6) is 1.17. The molecule has 0 unspecified atom stereocenters. The van der Waals surface area contributed by atoms with Crippen LogP contribution in [0.1, 0.15) is 22.3 Å². The number of aryl methyl sites for hydroxylation is 4. The van der Waals surface area contributed by atoms with Crippen LogP contribution in [0.25, 0.3) is 49.6 Å². The van der Waals surface area contributed by atoms with Gasteiger partial charge in [0.1, 0.15) is 11.0 Å². The van der Waals surface area contributed by atoms with Crippen molar-refractivity contribution < 1.29 is 4.57 Å². The minimum Gasteiger partial charge on any atom is -0.333 e. The van der Waals surface area contributed by atoms with E-state index in [4.69, 9.17) is 0 Å². The first-order valence-electron chi connectivity index (χ1n) is 13.0. The predicted octanol–water partition coefficient (Wildman–Crippen LogP) is 7.69. The van der Waals surface area contributed by atoms with E-state index in [9.17, 15) is 0 Å². The lowest BCUT2D eigenvalue weighted by Crippen LogP contribution is -2.34. The maximum atomic E-state index is 2.47. The molecule has 37 heavy (non-hydrogen) atoms. The van der Waals surface area contributed by atoms with Gasteiger partial charge < -0.3 is 4.57 Å². The van der Waals surface area contributed by atoms with Crippen LogP contribution in [0.4, 0.5) is 0 Å². The van der Waals surface area contributed by atoms with Crippen molar-refractivity contribution in [1.29, 1.82) is 0 Å². The van der Waals surface area contributed by atoms with Gasteiger partial charge in [0.25, 0.3) is 5.82 Å². The molecule has 0 aliphatic heterocycles. The summed E-state index contributed by atoms with van der Waals surface area (Å²) in [5.41, 5.74) is 11.6. The van der Waals surface area contributed by atoms with Crippen LogP contribution >= 0.6 is 0 Å². The second-order valence-electron chi connectivity index (χ2n) is 10.3. The van der Waals surface area contributed by atoms with Gasteiger partial charge in [-0.25, -0.2) is 4.57 Å². The maximum Gasteiger partial charge on any atom is 0.287 e. The first kappa shape index (κ1) is 21.9. The molecule has 3 aromatic heterocycles. The standard InChI is InChI=1S/C34H30N3/c1-22-14-17-30-28(20-22)26-16-15-23(2)24(3)33(26)37(30)32-19-18-31-34(35(32)4)27-12-8-9-13-29(27)36(31)21-25-10-6-5-7-11-25/h5-20H,21H2,1-4H3/q+1. The monoisotopic (exact) mass is 480 g/mol. The van der Waals surface area contributed by atoms with E-state index in [0.29, 0.717) is 0 Å². The molecule has 0 aliphatic carbocycles. The topological polar surface area (TPSA) is 13.7 Å². The van der Waals surface area contributed by atoms with E-state index < -0.39 is 0 Å². The van der Waals surface area contributed by atoms with Gasteiger partial charge in [0.05, 0.1) is 18.1 Å². The molecular weight excluding hydrogens is 450 g/mol. The van der Waals surface area contributed by atoms with E-state index in [1.165, 1.54) is 71.8 Å². The van der Waals surface area contributed by atoms with Crippen LogP contribution in [-0.4, -0.2) is 9.13 Å². The molecule has 7 aromatic rings. The summed E-state index contributed by atoms with van der Waals surface area (Å²) in [6, 6.07) is 35.5. The molecule has 0 saturated heterocycles. The second kappa shape index (κ2) is 8.07. The summed E-state index contributed by atoms with van der Waals surface area (Å²) in [5, 5.41) is 3.90. The van der Waals surface area contributed by atoms with Gasteiger partial charge in [0.2, 0.25) is 0 Å². The fourth-order valence-electron chi connectivity index (χ4n) is 6.09. The third-order valence-corrected chi connectivity index (χ3v) is 8.07. The lowest BCUT2D eigenvalue weighted by molar-refractivity contribution is -0.638. The van der Waals surface area contributed by atoms with Crippen LogP contribution in [0, 0.1) is 20.8 Å². The largest absolute Gasteiger partial charge is 0.333 e. The van der Waals surface area contributed by atoms with E-state index in [-0.39, 0.29) is 0 Å². The second-order valence-corrected chi connectivity index (χ2v) is 10.3. The van der Waals surface area contributed by atoms with Crippen LogP contribution < -0.4 is 4.57 Å². The fraction of sp³-hybridized carbons (Fsp3) is 0.147. The zero-order valence-corrected chi connectivity index (χ0v) is 21.8. The average Bonchev–Trinajstić information content (AvgIpc) is 3.40. The third kappa shape index (κ3) is 3.17. The first-order valence-corrected chi connectivity index (χ1v) is 13.0. The number of aromatic nitrogens is 3. The van der Waals surface area contributed by atoms with Gasteiger partial charge in [-0.1, -0.05) is 60.2 Å². The number of nitrogens with zero attached hydrogens (tertiary/aromatic N) is 3. The van der Waals surface area contributed by atoms with Crippen LogP contribution in [0.3, 0.4) is 0 Å². The third-order valence-electron chi connectivity index (χ3n) is 8.07. The molecule has 3 heterocycles. The quantitative estimate of drug-likeness (QED) is 0.230. The van der Waals surface area contributed by atoms with Crippen molar-refractivity contribution in [2.75, 3.05) is 0 Å². The molecule has 0 spiro atoms. The van der Waals surface area contributed by atoms with Crippen molar-refractivity contribution in [2.45, 2.75) is 27.3 Å². The van der Waals surface area contributed by atoms with Crippen molar-refractivity contribution in [3.63, 3.8) is 0 Å². The number of hydrogen-bond donors (Lipinski definition) is 0. The van der Waals surface area contributed by atoms with E-state index in [2.05, 4.69) is 139 Å². The number of rotatable bonds is 3. The summed E-state index contributed by atoms with van der Waals surface area (Å²) >= 11 is 0. The van der Waals surface area contributed by atoms with E-state index in [1.807, 2.05) is 0 Å². The molecule has 7 rings (SSSR count). The van der Waals surface area contributed by atoms with Crippen LogP contribution in [0.15, 0.2) is 97.1 Å². The van der Waals surface area contributed by atoms with Gasteiger partial charge in [-0.05, 0) is 73.9 Å². The molecule has 4 aromatic carbocycles. The highest BCUT2D eigenvalue weighted by Gasteiger charge is 2.26. The molecule has 0 radical (unpaired) electrons. The first-order chi connectivity index (χ1) is 18.0. The summed E-state index contributed by atoms with van der Waals surface area (Å²) in [6.07, 6.45) is 0. The molecular formula is C34H30N3+. The highest BCUT2D eigenvalue weighted by molar-refractivity contribution is 6.11. The molecule has 0 aliphatic rings. The number of para-hydroxylation sites is 1. The van der Waals surface area contributed by atoms with Crippen molar-refractivity contribution in [3.05, 3.63) is 119 Å². The smallest absolute Gasteiger partial charge is 0.287 e. The van der Waals surface area contributed by atoms with Gasteiger partial charge in [-0.15, -0.1) is 0 Å². The summed E-state index contributed by atoms with van der Waals surface area (Å²) in [6.45, 7) is 7.49. The zero-order chi connectivity index (χ0) is 25.3. The highest BCUT2D eigenvalue weighted by Crippen LogP contribution is 2.36. The van der Waals surface area contributed by atoms with Crippen molar-refractivity contribution in [2.24, 2.45) is 7.05 Å².